The Morgan fingerprint density at radius 3 is 1.51 bits per heavy atom. The van der Waals surface area contributed by atoms with Crippen molar-refractivity contribution >= 4 is 117 Å². The van der Waals surface area contributed by atoms with Gasteiger partial charge in [-0.3, -0.25) is 71.9 Å². The smallest absolute Gasteiger partial charge is 0.325 e. The van der Waals surface area contributed by atoms with E-state index < -0.39 is 212 Å². The summed E-state index contributed by atoms with van der Waals surface area (Å²) in [6.07, 6.45) is 1.46. The largest absolute Gasteiger partial charge is 0.481 e. The van der Waals surface area contributed by atoms with Crippen molar-refractivity contribution in [3.63, 3.8) is 0 Å². The summed E-state index contributed by atoms with van der Waals surface area (Å²) in [6.45, 7) is 7.50. The van der Waals surface area contributed by atoms with E-state index >= 15 is 0 Å². The Kier molecular flexibility index (Phi) is 38.9. The summed E-state index contributed by atoms with van der Waals surface area (Å²) in [7, 11) is 0. The van der Waals surface area contributed by atoms with Crippen molar-refractivity contribution in [3.05, 3.63) is 71.9 Å². The van der Waals surface area contributed by atoms with E-state index in [0.717, 1.165) is 12.2 Å². The number of fused-ring (bicyclic) bond motifs is 2. The van der Waals surface area contributed by atoms with E-state index in [0.29, 0.717) is 41.3 Å². The molecule has 2 aliphatic heterocycles. The lowest BCUT2D eigenvalue weighted by atomic mass is 9.96. The third-order valence-electron chi connectivity index (χ3n) is 19.4. The topological polar surface area (TPSA) is 628 Å². The predicted molar refractivity (Wildman–Crippen MR) is 417 cm³/mol. The predicted octanol–water partition coefficient (Wildman–Crippen LogP) is -5.03. The van der Waals surface area contributed by atoms with E-state index in [2.05, 4.69) is 84.7 Å². The number of hydrogen-bond acceptors (Lipinski definition) is 22. The van der Waals surface area contributed by atoms with Gasteiger partial charge in [0.1, 0.15) is 72.5 Å². The second-order valence-electron chi connectivity index (χ2n) is 28.9. The van der Waals surface area contributed by atoms with E-state index in [1.165, 1.54) is 6.92 Å². The van der Waals surface area contributed by atoms with Gasteiger partial charge in [0.05, 0.1) is 31.8 Å². The fourth-order valence-electron chi connectivity index (χ4n) is 12.6. The maximum Gasteiger partial charge on any atom is 0.325 e. The average molecular weight is 1620 g/mol. The number of aromatic amines is 1. The van der Waals surface area contributed by atoms with Crippen LogP contribution in [0.4, 0.5) is 4.79 Å². The van der Waals surface area contributed by atoms with Crippen molar-refractivity contribution < 1.29 is 97.1 Å². The molecular weight excluding hydrogens is 1510 g/mol. The molecule has 5 rings (SSSR count). The maximum absolute atomic E-state index is 14.5. The minimum Gasteiger partial charge on any atom is -0.481 e. The van der Waals surface area contributed by atoms with Crippen molar-refractivity contribution in [2.75, 3.05) is 45.1 Å². The molecule has 16 atom stereocenters. The van der Waals surface area contributed by atoms with Crippen molar-refractivity contribution in [3.8, 4) is 0 Å². The first-order chi connectivity index (χ1) is 54.2. The van der Waals surface area contributed by atoms with Gasteiger partial charge in [-0.2, -0.15) is 11.8 Å². The Labute approximate surface area is 663 Å². The molecule has 0 spiro atoms. The lowest BCUT2D eigenvalue weighted by Gasteiger charge is -2.30. The second kappa shape index (κ2) is 47.2. The third-order valence-corrected chi connectivity index (χ3v) is 20.9. The second-order valence-corrected chi connectivity index (χ2v) is 30.1. The van der Waals surface area contributed by atoms with Crippen LogP contribution in [-0.4, -0.2) is 255 Å². The number of carbonyl (C=O) groups is 16. The SMILES string of the molecule is CC[C@H](C)[C@@H](NC(=O)[C@@H](NC(=O)[C@H](CCC(=O)O)NC(=O)[C@H](Cc1ccccc1)NC(=O)[C@@H](CCN)NC(=O)[C@H](CCN)NC(=O)[C@H](CO)NC(=O)[C@@H](Cc1c[nH]c2ccccc12)NC(=O)[C@@H](CO)NC(=O)CNC(=O)[C@@H](CCN)NC(=O)[C@H](NC(=O)CCCC[C@@H]1SC[C@@H]2NC(=O)N[C@@H]21)C(C)C)C(C)C)C(=O)N[C@@H](C)C(=O)O. The quantitative estimate of drug-likeness (QED) is 0.0186. The maximum atomic E-state index is 14.5. The number of aliphatic carboxylic acids is 2. The highest BCUT2D eigenvalue weighted by atomic mass is 32.2. The number of H-pyrrole nitrogens is 1. The van der Waals surface area contributed by atoms with Gasteiger partial charge < -0.3 is 122 Å². The Balaban J connectivity index is 1.25. The van der Waals surface area contributed by atoms with Crippen LogP contribution in [0, 0.1) is 17.8 Å². The molecule has 0 unspecified atom stereocenters. The van der Waals surface area contributed by atoms with Crippen molar-refractivity contribution in [2.24, 2.45) is 35.0 Å². The van der Waals surface area contributed by atoms with E-state index in [1.54, 1.807) is 114 Å². The zero-order chi connectivity index (χ0) is 84.5. The molecule has 0 bridgehead atoms. The minimum atomic E-state index is -1.88. The highest BCUT2D eigenvalue weighted by molar-refractivity contribution is 8.00. The summed E-state index contributed by atoms with van der Waals surface area (Å²) in [6, 6.07) is -3.24. The van der Waals surface area contributed by atoms with Crippen LogP contribution in [0.15, 0.2) is 60.8 Å². The summed E-state index contributed by atoms with van der Waals surface area (Å²) < 4.78 is 0. The molecule has 3 aromatic rings. The van der Waals surface area contributed by atoms with E-state index in [9.17, 15) is 97.1 Å². The van der Waals surface area contributed by atoms with Crippen LogP contribution in [0.25, 0.3) is 10.9 Å². The fourth-order valence-corrected chi connectivity index (χ4v) is 14.1. The molecule has 0 radical (unpaired) electrons. The molecule has 114 heavy (non-hydrogen) atoms. The van der Waals surface area contributed by atoms with Gasteiger partial charge in [0.2, 0.25) is 76.8 Å². The molecule has 2 fully saturated rings. The number of para-hydroxylation sites is 1. The monoisotopic (exact) mass is 1620 g/mol. The van der Waals surface area contributed by atoms with Crippen molar-refractivity contribution in [1.82, 2.24) is 84.7 Å². The van der Waals surface area contributed by atoms with E-state index in [4.69, 9.17) is 17.2 Å². The molecule has 2 aliphatic rings. The molecule has 26 N–H and O–H groups in total. The van der Waals surface area contributed by atoms with Crippen LogP contribution in [0.3, 0.4) is 0 Å². The number of carboxylic acids is 2. The number of nitrogens with one attached hydrogen (secondary N) is 16. The molecular formula is C74H113N19O20S. The van der Waals surface area contributed by atoms with Crippen LogP contribution < -0.4 is 97.0 Å². The molecule has 2 aromatic carbocycles. The number of aliphatic hydroxyl groups excluding tert-OH is 2. The summed E-state index contributed by atoms with van der Waals surface area (Å²) >= 11 is 1.76. The fraction of sp³-hybridized carbons (Fsp3) is 0.595. The van der Waals surface area contributed by atoms with Crippen LogP contribution in [0.1, 0.15) is 124 Å². The minimum absolute atomic E-state index is 0.0182. The Bertz CT molecular complexity index is 3820. The summed E-state index contributed by atoms with van der Waals surface area (Å²) in [4.78, 5) is 220. The van der Waals surface area contributed by atoms with Gasteiger partial charge in [0.15, 0.2) is 0 Å². The summed E-state index contributed by atoms with van der Waals surface area (Å²) in [5, 5.41) is 79.2. The van der Waals surface area contributed by atoms with Gasteiger partial charge in [-0.25, -0.2) is 4.79 Å². The molecule has 0 aliphatic carbocycles. The molecule has 40 heteroatoms. The zero-order valence-corrected chi connectivity index (χ0v) is 65.9. The molecule has 39 nitrogen and oxygen atoms in total. The zero-order valence-electron chi connectivity index (χ0n) is 65.1. The number of rotatable bonds is 50. The number of thioether (sulfide) groups is 1. The number of nitrogens with two attached hydrogens (primary N) is 3. The number of carboxylic acid groups (broad SMARTS) is 2. The molecule has 0 saturated carbocycles. The van der Waals surface area contributed by atoms with Crippen LogP contribution >= 0.6 is 11.8 Å². The first kappa shape index (κ1) is 94.0. The highest BCUT2D eigenvalue weighted by Gasteiger charge is 2.43. The number of aromatic nitrogens is 1. The molecule has 630 valence electrons. The Hall–Kier alpha value is -10.5. The van der Waals surface area contributed by atoms with Gasteiger partial charge in [0.25, 0.3) is 0 Å². The van der Waals surface area contributed by atoms with Crippen LogP contribution in [0.2, 0.25) is 0 Å². The van der Waals surface area contributed by atoms with E-state index in [1.807, 2.05) is 0 Å². The number of carbonyl (C=O) groups excluding carboxylic acids is 14. The molecule has 2 saturated heterocycles. The average Bonchev–Trinajstić information content (AvgIpc) is 1.66. The van der Waals surface area contributed by atoms with Crippen molar-refractivity contribution in [1.29, 1.82) is 0 Å². The van der Waals surface area contributed by atoms with Gasteiger partial charge in [-0.15, -0.1) is 0 Å². The first-order valence-corrected chi connectivity index (χ1v) is 39.2. The van der Waals surface area contributed by atoms with Crippen molar-refractivity contribution in [2.45, 2.75) is 215 Å². The Morgan fingerprint density at radius 1 is 0.491 bits per heavy atom. The number of aliphatic hydroxyl groups is 2. The van der Waals surface area contributed by atoms with Gasteiger partial charge in [-0.05, 0) is 100 Å². The summed E-state index contributed by atoms with van der Waals surface area (Å²) in [5.41, 5.74) is 19.2. The molecule has 15 amide bonds. The first-order valence-electron chi connectivity index (χ1n) is 38.1. The van der Waals surface area contributed by atoms with Gasteiger partial charge >= 0.3 is 18.0 Å². The number of hydrogen-bond donors (Lipinski definition) is 23. The van der Waals surface area contributed by atoms with Crippen LogP contribution in [-0.2, 0) is 84.8 Å². The highest BCUT2D eigenvalue weighted by Crippen LogP contribution is 2.33. The van der Waals surface area contributed by atoms with Crippen LogP contribution in [0.5, 0.6) is 0 Å². The standard InChI is InChI=1S/C74H113N19O20S/c1-8-39(6)60(72(110)80-40(7)73(111)112)92-71(109)59(38(4)5)91-65(103)45(22-23-57(98)99)82-66(104)49(30-41-16-10-9-11-17-41)86-64(102)48(26-29-77)83-63(101)47(25-28-76)84-69(107)52(35-95)88-67(105)50(31-42-32-78-44-19-13-12-18-43(42)44)87-68(106)51(34-94)81-56(97)33-79-62(100)46(24-27-75)85-70(108)58(37(2)3)90-55(96)21-15-14-20-54-61-53(36-114-54)89-74(113)93-61/h9-13,16-19,32,37-40,45-54,58-61,78,94-95H,8,14-15,20-31,33-36,75-77H2,1-7H3,(H,79,100)(H,80,110)(H,81,97)(H,82,104)(H,83,101)(H,84,107)(H,85,108)(H,86,102)(H,87,106)(H,88,105)(H,90,96)(H,91,103)(H,92,109)(H,98,99)(H,111,112)(H2,89,93,113)/t39-,40-,45-,46+,47-,48+,49-,50+,51+,52-,53-,54-,58+,59-,60+,61-/m0/s1. The molecule has 1 aromatic heterocycles. The van der Waals surface area contributed by atoms with Gasteiger partial charge in [-0.1, -0.05) is 103 Å². The number of amides is 15. The molecule has 3 heterocycles. The number of urea groups is 1. The third kappa shape index (κ3) is 29.4. The normalized spacial score (nSPS) is 17.7. The van der Waals surface area contributed by atoms with E-state index in [-0.39, 0.29) is 81.5 Å². The number of unbranched alkanes of at least 4 members (excludes halogenated alkanes) is 1. The number of benzene rings is 2. The van der Waals surface area contributed by atoms with Gasteiger partial charge in [0, 0.05) is 53.8 Å². The lowest BCUT2D eigenvalue weighted by molar-refractivity contribution is -0.142. The lowest BCUT2D eigenvalue weighted by Crippen LogP contribution is -2.62. The summed E-state index contributed by atoms with van der Waals surface area (Å²) in [5.74, 6) is -15.8. The Morgan fingerprint density at radius 2 is 0.956 bits per heavy atom.